The summed E-state index contributed by atoms with van der Waals surface area (Å²) in [5, 5.41) is 2.94. The van der Waals surface area contributed by atoms with Crippen LogP contribution in [0.25, 0.3) is 0 Å². The number of amides is 1. The average molecular weight is 283 g/mol. The fraction of sp³-hybridized carbons (Fsp3) is 0.533. The molecule has 4 heteroatoms. The van der Waals surface area contributed by atoms with E-state index in [-0.39, 0.29) is 24.4 Å². The largest absolute Gasteiger partial charge is 0.352 e. The number of carbonyl (C=O) groups is 1. The second-order valence-electron chi connectivity index (χ2n) is 5.20. The average Bonchev–Trinajstić information content (AvgIpc) is 2.39. The molecule has 1 aromatic carbocycles. The SMILES string of the molecule is C[C@@H](CN)NC(=O)CC1CCCc2ccccc21.Cl. The Morgan fingerprint density at radius 2 is 2.21 bits per heavy atom. The van der Waals surface area contributed by atoms with Gasteiger partial charge in [-0.25, -0.2) is 0 Å². The lowest BCUT2D eigenvalue weighted by atomic mass is 9.81. The Balaban J connectivity index is 0.00000180. The molecule has 1 aliphatic rings. The number of aryl methyl sites for hydroxylation is 1. The van der Waals surface area contributed by atoms with E-state index in [1.165, 1.54) is 17.5 Å². The van der Waals surface area contributed by atoms with Gasteiger partial charge < -0.3 is 11.1 Å². The van der Waals surface area contributed by atoms with E-state index in [9.17, 15) is 4.79 Å². The first-order chi connectivity index (χ1) is 8.70. The summed E-state index contributed by atoms with van der Waals surface area (Å²) >= 11 is 0. The molecule has 0 saturated heterocycles. The number of nitrogens with one attached hydrogen (secondary N) is 1. The maximum atomic E-state index is 11.9. The Bertz CT molecular complexity index is 422. The van der Waals surface area contributed by atoms with Crippen molar-refractivity contribution in [1.29, 1.82) is 0 Å². The van der Waals surface area contributed by atoms with Crippen LogP contribution in [0.4, 0.5) is 0 Å². The maximum Gasteiger partial charge on any atom is 0.220 e. The van der Waals surface area contributed by atoms with Crippen molar-refractivity contribution in [2.45, 2.75) is 44.6 Å². The highest BCUT2D eigenvalue weighted by molar-refractivity contribution is 5.85. The van der Waals surface area contributed by atoms with Crippen molar-refractivity contribution in [3.05, 3.63) is 35.4 Å². The fourth-order valence-electron chi connectivity index (χ4n) is 2.68. The monoisotopic (exact) mass is 282 g/mol. The van der Waals surface area contributed by atoms with Crippen LogP contribution in [0, 0.1) is 0 Å². The first-order valence-corrected chi connectivity index (χ1v) is 6.78. The van der Waals surface area contributed by atoms with Gasteiger partial charge in [-0.3, -0.25) is 4.79 Å². The number of nitrogens with two attached hydrogens (primary N) is 1. The van der Waals surface area contributed by atoms with Crippen molar-refractivity contribution >= 4 is 18.3 Å². The number of fused-ring (bicyclic) bond motifs is 1. The van der Waals surface area contributed by atoms with Crippen molar-refractivity contribution in [3.8, 4) is 0 Å². The van der Waals surface area contributed by atoms with Crippen LogP contribution in [0.5, 0.6) is 0 Å². The van der Waals surface area contributed by atoms with Crippen LogP contribution in [0.2, 0.25) is 0 Å². The zero-order valence-electron chi connectivity index (χ0n) is 11.4. The van der Waals surface area contributed by atoms with Crippen LogP contribution in [-0.4, -0.2) is 18.5 Å². The van der Waals surface area contributed by atoms with E-state index in [0.29, 0.717) is 18.9 Å². The van der Waals surface area contributed by atoms with Crippen LogP contribution in [0.3, 0.4) is 0 Å². The number of rotatable bonds is 4. The molecule has 1 unspecified atom stereocenters. The lowest BCUT2D eigenvalue weighted by Gasteiger charge is -2.25. The summed E-state index contributed by atoms with van der Waals surface area (Å²) in [6, 6.07) is 8.56. The molecule has 3 N–H and O–H groups in total. The number of hydrogen-bond acceptors (Lipinski definition) is 2. The smallest absolute Gasteiger partial charge is 0.220 e. The Labute approximate surface area is 121 Å². The van der Waals surface area contributed by atoms with Crippen molar-refractivity contribution in [1.82, 2.24) is 5.32 Å². The number of benzene rings is 1. The summed E-state index contributed by atoms with van der Waals surface area (Å²) in [6.45, 7) is 2.43. The third-order valence-corrected chi connectivity index (χ3v) is 3.69. The first-order valence-electron chi connectivity index (χ1n) is 6.78. The molecule has 0 bridgehead atoms. The molecule has 2 atom stereocenters. The van der Waals surface area contributed by atoms with Crippen LogP contribution >= 0.6 is 12.4 Å². The molecule has 0 fully saturated rings. The molecule has 3 nitrogen and oxygen atoms in total. The van der Waals surface area contributed by atoms with Crippen molar-refractivity contribution in [2.75, 3.05) is 6.54 Å². The van der Waals surface area contributed by atoms with Gasteiger partial charge in [0.25, 0.3) is 0 Å². The Morgan fingerprint density at radius 1 is 1.47 bits per heavy atom. The van der Waals surface area contributed by atoms with Gasteiger partial charge >= 0.3 is 0 Å². The molecular formula is C15H23ClN2O. The van der Waals surface area contributed by atoms with Gasteiger partial charge in [-0.05, 0) is 43.2 Å². The molecule has 0 radical (unpaired) electrons. The predicted octanol–water partition coefficient (Wildman–Crippen LogP) is 2.38. The van der Waals surface area contributed by atoms with E-state index in [4.69, 9.17) is 5.73 Å². The van der Waals surface area contributed by atoms with Crippen LogP contribution in [0.15, 0.2) is 24.3 Å². The fourth-order valence-corrected chi connectivity index (χ4v) is 2.68. The van der Waals surface area contributed by atoms with Gasteiger partial charge in [0.2, 0.25) is 5.91 Å². The minimum Gasteiger partial charge on any atom is -0.352 e. The summed E-state index contributed by atoms with van der Waals surface area (Å²) in [7, 11) is 0. The Kier molecular flexibility index (Phi) is 6.32. The van der Waals surface area contributed by atoms with Crippen molar-refractivity contribution in [2.24, 2.45) is 5.73 Å². The number of halogens is 1. The summed E-state index contributed by atoms with van der Waals surface area (Å²) in [5.41, 5.74) is 8.29. The van der Waals surface area contributed by atoms with Gasteiger partial charge in [0, 0.05) is 19.0 Å². The Morgan fingerprint density at radius 3 is 2.95 bits per heavy atom. The summed E-state index contributed by atoms with van der Waals surface area (Å²) in [5.74, 6) is 0.495. The second kappa shape index (κ2) is 7.51. The highest BCUT2D eigenvalue weighted by Gasteiger charge is 2.22. The number of carbonyl (C=O) groups excluding carboxylic acids is 1. The van der Waals surface area contributed by atoms with E-state index in [2.05, 4.69) is 29.6 Å². The van der Waals surface area contributed by atoms with E-state index < -0.39 is 0 Å². The zero-order valence-corrected chi connectivity index (χ0v) is 12.2. The Hall–Kier alpha value is -1.06. The molecule has 1 aromatic rings. The maximum absolute atomic E-state index is 11.9. The molecule has 0 aromatic heterocycles. The van der Waals surface area contributed by atoms with Crippen LogP contribution in [-0.2, 0) is 11.2 Å². The van der Waals surface area contributed by atoms with Gasteiger partial charge in [-0.15, -0.1) is 12.4 Å². The van der Waals surface area contributed by atoms with E-state index in [0.717, 1.165) is 12.8 Å². The van der Waals surface area contributed by atoms with E-state index >= 15 is 0 Å². The minimum absolute atomic E-state index is 0. The topological polar surface area (TPSA) is 55.1 Å². The van der Waals surface area contributed by atoms with E-state index in [1.54, 1.807) is 0 Å². The van der Waals surface area contributed by atoms with Crippen molar-refractivity contribution < 1.29 is 4.79 Å². The summed E-state index contributed by atoms with van der Waals surface area (Å²) in [4.78, 5) is 11.9. The first kappa shape index (κ1) is 16.0. The standard InChI is InChI=1S/C15H22N2O.ClH/c1-11(10-16)17-15(18)9-13-7-4-6-12-5-2-3-8-14(12)13;/h2-3,5,8,11,13H,4,6-7,9-10,16H2,1H3,(H,17,18);1H/t11-,13?;/m0./s1. The third kappa shape index (κ3) is 4.22. The number of hydrogen-bond donors (Lipinski definition) is 2. The van der Waals surface area contributed by atoms with Gasteiger partial charge in [0.05, 0.1) is 0 Å². The summed E-state index contributed by atoms with van der Waals surface area (Å²) in [6.07, 6.45) is 4.03. The molecule has 0 saturated carbocycles. The molecule has 1 amide bonds. The van der Waals surface area contributed by atoms with Gasteiger partial charge in [0.15, 0.2) is 0 Å². The second-order valence-corrected chi connectivity index (χ2v) is 5.20. The molecule has 1 aliphatic carbocycles. The molecule has 0 heterocycles. The van der Waals surface area contributed by atoms with Gasteiger partial charge in [-0.2, -0.15) is 0 Å². The highest BCUT2D eigenvalue weighted by atomic mass is 35.5. The molecule has 0 spiro atoms. The molecule has 19 heavy (non-hydrogen) atoms. The van der Waals surface area contributed by atoms with Gasteiger partial charge in [-0.1, -0.05) is 24.3 Å². The third-order valence-electron chi connectivity index (χ3n) is 3.69. The summed E-state index contributed by atoms with van der Waals surface area (Å²) < 4.78 is 0. The normalized spacial score (nSPS) is 18.9. The quantitative estimate of drug-likeness (QED) is 0.891. The molecule has 0 aliphatic heterocycles. The van der Waals surface area contributed by atoms with Crippen LogP contribution in [0.1, 0.15) is 43.2 Å². The molecular weight excluding hydrogens is 260 g/mol. The zero-order chi connectivity index (χ0) is 13.0. The lowest BCUT2D eigenvalue weighted by molar-refractivity contribution is -0.122. The predicted molar refractivity (Wildman–Crippen MR) is 80.6 cm³/mol. The lowest BCUT2D eigenvalue weighted by Crippen LogP contribution is -2.38. The minimum atomic E-state index is 0. The molecule has 2 rings (SSSR count). The molecule has 106 valence electrons. The highest BCUT2D eigenvalue weighted by Crippen LogP contribution is 2.33. The van der Waals surface area contributed by atoms with Crippen LogP contribution < -0.4 is 11.1 Å². The van der Waals surface area contributed by atoms with Gasteiger partial charge in [0.1, 0.15) is 0 Å². The van der Waals surface area contributed by atoms with E-state index in [1.807, 2.05) is 6.92 Å². The van der Waals surface area contributed by atoms with Crippen molar-refractivity contribution in [3.63, 3.8) is 0 Å².